The summed E-state index contributed by atoms with van der Waals surface area (Å²) in [6.07, 6.45) is 5.12. The molecule has 78 valence electrons. The van der Waals surface area contributed by atoms with Gasteiger partial charge in [-0.15, -0.1) is 0 Å². The second-order valence-corrected chi connectivity index (χ2v) is 5.83. The number of fused-ring (bicyclic) bond motifs is 1. The average molecular weight is 263 g/mol. The highest BCUT2D eigenvalue weighted by atomic mass is 79.9. The number of benzene rings is 1. The molecule has 3 rings (SSSR count). The molecule has 1 heteroatoms. The van der Waals surface area contributed by atoms with Crippen LogP contribution in [0.15, 0.2) is 16.6 Å². The molecule has 0 nitrogen and oxygen atoms in total. The van der Waals surface area contributed by atoms with Crippen LogP contribution in [0.25, 0.3) is 6.08 Å². The number of hydrogen-bond acceptors (Lipinski definition) is 0. The van der Waals surface area contributed by atoms with Crippen molar-refractivity contribution < 1.29 is 0 Å². The van der Waals surface area contributed by atoms with E-state index in [1.54, 1.807) is 5.56 Å². The number of halogens is 1. The van der Waals surface area contributed by atoms with Crippen molar-refractivity contribution in [3.63, 3.8) is 0 Å². The quantitative estimate of drug-likeness (QED) is 0.697. The summed E-state index contributed by atoms with van der Waals surface area (Å²) in [5, 5.41) is 0. The molecule has 0 radical (unpaired) electrons. The molecule has 1 aromatic rings. The predicted octanol–water partition coefficient (Wildman–Crippen LogP) is 4.55. The van der Waals surface area contributed by atoms with E-state index >= 15 is 0 Å². The number of aryl methyl sites for hydroxylation is 2. The first-order valence-electron chi connectivity index (χ1n) is 5.65. The van der Waals surface area contributed by atoms with Crippen molar-refractivity contribution in [3.8, 4) is 0 Å². The molecular weight excluding hydrogens is 248 g/mol. The van der Waals surface area contributed by atoms with Crippen LogP contribution in [-0.4, -0.2) is 0 Å². The maximum absolute atomic E-state index is 3.74. The zero-order valence-electron chi connectivity index (χ0n) is 9.18. The Kier molecular flexibility index (Phi) is 2.07. The minimum atomic E-state index is 0.666. The molecule has 0 aliphatic heterocycles. The van der Waals surface area contributed by atoms with Crippen LogP contribution in [0.3, 0.4) is 0 Å². The molecule has 1 atom stereocenters. The van der Waals surface area contributed by atoms with Gasteiger partial charge in [0.05, 0.1) is 0 Å². The minimum Gasteiger partial charge on any atom is -0.0549 e. The summed E-state index contributed by atoms with van der Waals surface area (Å²) >= 11 is 3.74. The van der Waals surface area contributed by atoms with Crippen LogP contribution in [0, 0.1) is 19.8 Å². The molecule has 1 aromatic carbocycles. The van der Waals surface area contributed by atoms with E-state index in [1.807, 2.05) is 0 Å². The van der Waals surface area contributed by atoms with E-state index in [4.69, 9.17) is 0 Å². The van der Waals surface area contributed by atoms with Gasteiger partial charge in [0.15, 0.2) is 0 Å². The van der Waals surface area contributed by atoms with E-state index in [1.165, 1.54) is 34.0 Å². The summed E-state index contributed by atoms with van der Waals surface area (Å²) in [7, 11) is 0. The first kappa shape index (κ1) is 9.65. The Morgan fingerprint density at radius 2 is 1.80 bits per heavy atom. The highest BCUT2D eigenvalue weighted by molar-refractivity contribution is 9.11. The summed E-state index contributed by atoms with van der Waals surface area (Å²) in [6.45, 7) is 4.41. The van der Waals surface area contributed by atoms with Gasteiger partial charge in [0, 0.05) is 10.4 Å². The van der Waals surface area contributed by atoms with Gasteiger partial charge in [-0.05, 0) is 60.9 Å². The van der Waals surface area contributed by atoms with Crippen LogP contribution >= 0.6 is 15.9 Å². The lowest BCUT2D eigenvalue weighted by Crippen LogP contribution is -1.99. The number of allylic oxidation sites excluding steroid dienone is 1. The van der Waals surface area contributed by atoms with Crippen molar-refractivity contribution in [3.05, 3.63) is 38.9 Å². The molecule has 0 saturated heterocycles. The van der Waals surface area contributed by atoms with E-state index in [2.05, 4.69) is 48.0 Å². The van der Waals surface area contributed by atoms with Crippen molar-refractivity contribution in [1.82, 2.24) is 0 Å². The summed E-state index contributed by atoms with van der Waals surface area (Å²) in [5.41, 5.74) is 5.81. The fourth-order valence-electron chi connectivity index (χ4n) is 2.55. The smallest absolute Gasteiger partial charge is 0.0190 e. The van der Waals surface area contributed by atoms with Gasteiger partial charge in [-0.25, -0.2) is 0 Å². The van der Waals surface area contributed by atoms with Crippen LogP contribution in [0.4, 0.5) is 0 Å². The second-order valence-electron chi connectivity index (χ2n) is 4.91. The van der Waals surface area contributed by atoms with Crippen LogP contribution in [-0.2, 0) is 0 Å². The fourth-order valence-corrected chi connectivity index (χ4v) is 3.42. The van der Waals surface area contributed by atoms with E-state index in [0.29, 0.717) is 5.92 Å². The third-order valence-corrected chi connectivity index (χ3v) is 4.44. The van der Waals surface area contributed by atoms with Gasteiger partial charge in [-0.3, -0.25) is 0 Å². The summed E-state index contributed by atoms with van der Waals surface area (Å²) in [5.74, 6) is 1.57. The Morgan fingerprint density at radius 3 is 2.47 bits per heavy atom. The number of hydrogen-bond donors (Lipinski definition) is 0. The van der Waals surface area contributed by atoms with Gasteiger partial charge in [0.2, 0.25) is 0 Å². The van der Waals surface area contributed by atoms with Gasteiger partial charge in [0.25, 0.3) is 0 Å². The van der Waals surface area contributed by atoms with Crippen LogP contribution in [0.2, 0.25) is 0 Å². The predicted molar refractivity (Wildman–Crippen MR) is 68.3 cm³/mol. The van der Waals surface area contributed by atoms with Crippen molar-refractivity contribution in [2.24, 2.45) is 5.92 Å². The van der Waals surface area contributed by atoms with E-state index in [-0.39, 0.29) is 0 Å². The first-order valence-corrected chi connectivity index (χ1v) is 6.44. The van der Waals surface area contributed by atoms with Crippen molar-refractivity contribution in [2.75, 3.05) is 0 Å². The Labute approximate surface area is 99.5 Å². The zero-order valence-corrected chi connectivity index (χ0v) is 10.8. The summed E-state index contributed by atoms with van der Waals surface area (Å²) in [6, 6.07) is 4.72. The lowest BCUT2D eigenvalue weighted by molar-refractivity contribution is 0.731. The largest absolute Gasteiger partial charge is 0.0549 e. The molecule has 15 heavy (non-hydrogen) atoms. The Balaban J connectivity index is 2.12. The monoisotopic (exact) mass is 262 g/mol. The van der Waals surface area contributed by atoms with Crippen molar-refractivity contribution in [1.29, 1.82) is 0 Å². The number of rotatable bonds is 1. The zero-order chi connectivity index (χ0) is 10.6. The second kappa shape index (κ2) is 3.21. The highest BCUT2D eigenvalue weighted by Crippen LogP contribution is 2.53. The summed E-state index contributed by atoms with van der Waals surface area (Å²) in [4.78, 5) is 0. The average Bonchev–Trinajstić information content (AvgIpc) is 2.93. The SMILES string of the molecule is Cc1cc2c(cc1C)C(C1CC1)C(Br)=C2. The van der Waals surface area contributed by atoms with E-state index < -0.39 is 0 Å². The third-order valence-electron chi connectivity index (χ3n) is 3.72. The van der Waals surface area contributed by atoms with Gasteiger partial charge in [-0.1, -0.05) is 28.1 Å². The Bertz CT molecular complexity index is 453. The van der Waals surface area contributed by atoms with Crippen molar-refractivity contribution in [2.45, 2.75) is 32.6 Å². The molecule has 2 aliphatic rings. The maximum Gasteiger partial charge on any atom is 0.0190 e. The van der Waals surface area contributed by atoms with Crippen LogP contribution in [0.1, 0.15) is 41.0 Å². The van der Waals surface area contributed by atoms with Crippen LogP contribution in [0.5, 0.6) is 0 Å². The third kappa shape index (κ3) is 1.48. The summed E-state index contributed by atoms with van der Waals surface area (Å²) < 4.78 is 1.39. The van der Waals surface area contributed by atoms with Gasteiger partial charge in [0.1, 0.15) is 0 Å². The normalized spacial score (nSPS) is 23.9. The molecule has 0 amide bonds. The molecule has 0 bridgehead atoms. The van der Waals surface area contributed by atoms with Gasteiger partial charge >= 0.3 is 0 Å². The molecule has 1 unspecified atom stereocenters. The first-order chi connectivity index (χ1) is 7.16. The standard InChI is InChI=1S/C14H15Br/c1-8-5-11-7-13(15)14(10-3-4-10)12(11)6-9(8)2/h5-7,10,14H,3-4H2,1-2H3. The molecule has 1 saturated carbocycles. The molecule has 0 aromatic heterocycles. The Morgan fingerprint density at radius 1 is 1.13 bits per heavy atom. The lowest BCUT2D eigenvalue weighted by Gasteiger charge is -2.13. The molecule has 1 fully saturated rings. The van der Waals surface area contributed by atoms with Crippen LogP contribution < -0.4 is 0 Å². The van der Waals surface area contributed by atoms with Crippen molar-refractivity contribution >= 4 is 22.0 Å². The molecule has 2 aliphatic carbocycles. The highest BCUT2D eigenvalue weighted by Gasteiger charge is 2.37. The van der Waals surface area contributed by atoms with E-state index in [9.17, 15) is 0 Å². The fraction of sp³-hybridized carbons (Fsp3) is 0.429. The lowest BCUT2D eigenvalue weighted by atomic mass is 9.93. The Hall–Kier alpha value is -0.560. The topological polar surface area (TPSA) is 0 Å². The van der Waals surface area contributed by atoms with Gasteiger partial charge < -0.3 is 0 Å². The minimum absolute atomic E-state index is 0.666. The molecule has 0 N–H and O–H groups in total. The van der Waals surface area contributed by atoms with E-state index in [0.717, 1.165) is 5.92 Å². The van der Waals surface area contributed by atoms with Gasteiger partial charge in [-0.2, -0.15) is 0 Å². The molecule has 0 heterocycles. The molecule has 0 spiro atoms. The maximum atomic E-state index is 3.74. The molecular formula is C14H15Br.